The summed E-state index contributed by atoms with van der Waals surface area (Å²) in [6.07, 6.45) is 10.4. The van der Waals surface area contributed by atoms with Gasteiger partial charge in [-0.1, -0.05) is 6.42 Å². The molecule has 0 bridgehead atoms. The van der Waals surface area contributed by atoms with Crippen LogP contribution in [-0.4, -0.2) is 36.3 Å². The van der Waals surface area contributed by atoms with Gasteiger partial charge in [0.05, 0.1) is 6.04 Å². The summed E-state index contributed by atoms with van der Waals surface area (Å²) in [5.41, 5.74) is 1.53. The van der Waals surface area contributed by atoms with Crippen molar-refractivity contribution in [1.82, 2.24) is 29.7 Å². The van der Waals surface area contributed by atoms with Crippen molar-refractivity contribution in [2.75, 3.05) is 11.4 Å². The van der Waals surface area contributed by atoms with Crippen molar-refractivity contribution in [3.05, 3.63) is 36.2 Å². The maximum atomic E-state index is 4.74. The van der Waals surface area contributed by atoms with E-state index in [1.165, 1.54) is 19.3 Å². The SMILES string of the molecule is c1cnc2nc(N3CCCC3c3nnc4n3CCCCC4)ccc2n1. The summed E-state index contributed by atoms with van der Waals surface area (Å²) in [5.74, 6) is 3.22. The van der Waals surface area contributed by atoms with Crippen LogP contribution in [0.5, 0.6) is 0 Å². The van der Waals surface area contributed by atoms with Crippen molar-refractivity contribution >= 4 is 17.0 Å². The van der Waals surface area contributed by atoms with Gasteiger partial charge in [-0.15, -0.1) is 10.2 Å². The fourth-order valence-corrected chi connectivity index (χ4v) is 4.07. The lowest BCUT2D eigenvalue weighted by atomic mass is 10.2. The topological polar surface area (TPSA) is 72.6 Å². The molecule has 0 aromatic carbocycles. The molecule has 5 rings (SSSR count). The summed E-state index contributed by atoms with van der Waals surface area (Å²) in [7, 11) is 0. The average Bonchev–Trinajstić information content (AvgIpc) is 3.22. The van der Waals surface area contributed by atoms with E-state index in [2.05, 4.69) is 35.7 Å². The number of anilines is 1. The van der Waals surface area contributed by atoms with Crippen LogP contribution in [0.25, 0.3) is 11.2 Å². The first-order valence-corrected chi connectivity index (χ1v) is 9.16. The molecule has 3 aromatic rings. The van der Waals surface area contributed by atoms with Gasteiger partial charge in [0.25, 0.3) is 0 Å². The lowest BCUT2D eigenvalue weighted by Crippen LogP contribution is -2.26. The van der Waals surface area contributed by atoms with Gasteiger partial charge in [-0.05, 0) is 37.8 Å². The zero-order valence-corrected chi connectivity index (χ0v) is 14.2. The molecule has 0 saturated carbocycles. The molecule has 3 aromatic heterocycles. The Bertz CT molecular complexity index is 903. The smallest absolute Gasteiger partial charge is 0.180 e. The zero-order valence-electron chi connectivity index (χ0n) is 14.2. The van der Waals surface area contributed by atoms with Gasteiger partial charge in [0.15, 0.2) is 11.5 Å². The van der Waals surface area contributed by atoms with Crippen molar-refractivity contribution in [2.24, 2.45) is 0 Å². The highest BCUT2D eigenvalue weighted by molar-refractivity contribution is 5.71. The van der Waals surface area contributed by atoms with E-state index >= 15 is 0 Å². The van der Waals surface area contributed by atoms with Crippen LogP contribution in [0.2, 0.25) is 0 Å². The zero-order chi connectivity index (χ0) is 16.6. The van der Waals surface area contributed by atoms with Crippen LogP contribution in [0, 0.1) is 0 Å². The van der Waals surface area contributed by atoms with Gasteiger partial charge in [-0.3, -0.25) is 4.98 Å². The molecule has 128 valence electrons. The van der Waals surface area contributed by atoms with Crippen molar-refractivity contribution in [1.29, 1.82) is 0 Å². The highest BCUT2D eigenvalue weighted by Gasteiger charge is 2.32. The van der Waals surface area contributed by atoms with Crippen LogP contribution in [0.4, 0.5) is 5.82 Å². The predicted octanol–water partition coefficient (Wildman–Crippen LogP) is 2.68. The predicted molar refractivity (Wildman–Crippen MR) is 94.2 cm³/mol. The number of aromatic nitrogens is 6. The second-order valence-corrected chi connectivity index (χ2v) is 6.86. The normalized spacial score (nSPS) is 20.6. The van der Waals surface area contributed by atoms with Crippen molar-refractivity contribution in [3.8, 4) is 0 Å². The molecular weight excluding hydrogens is 314 g/mol. The summed E-state index contributed by atoms with van der Waals surface area (Å²) >= 11 is 0. The summed E-state index contributed by atoms with van der Waals surface area (Å²) in [5, 5.41) is 9.06. The quantitative estimate of drug-likeness (QED) is 0.717. The lowest BCUT2D eigenvalue weighted by molar-refractivity contribution is 0.558. The third kappa shape index (κ3) is 2.54. The van der Waals surface area contributed by atoms with Gasteiger partial charge in [-0.2, -0.15) is 0 Å². The molecule has 25 heavy (non-hydrogen) atoms. The molecule has 0 spiro atoms. The Labute approximate surface area is 146 Å². The van der Waals surface area contributed by atoms with E-state index in [4.69, 9.17) is 4.98 Å². The number of rotatable bonds is 2. The second-order valence-electron chi connectivity index (χ2n) is 6.86. The summed E-state index contributed by atoms with van der Waals surface area (Å²) < 4.78 is 2.36. The Kier molecular flexibility index (Phi) is 3.57. The Hall–Kier alpha value is -2.57. The number of pyridine rings is 1. The molecule has 2 aliphatic heterocycles. The van der Waals surface area contributed by atoms with Crippen molar-refractivity contribution in [2.45, 2.75) is 51.1 Å². The molecule has 1 fully saturated rings. The second kappa shape index (κ2) is 6.06. The minimum atomic E-state index is 0.251. The van der Waals surface area contributed by atoms with Gasteiger partial charge in [0, 0.05) is 31.9 Å². The van der Waals surface area contributed by atoms with E-state index in [9.17, 15) is 0 Å². The maximum absolute atomic E-state index is 4.74. The van der Waals surface area contributed by atoms with Crippen LogP contribution >= 0.6 is 0 Å². The van der Waals surface area contributed by atoms with E-state index < -0.39 is 0 Å². The molecule has 0 amide bonds. The number of nitrogens with zero attached hydrogens (tertiary/aromatic N) is 7. The Balaban J connectivity index is 1.52. The highest BCUT2D eigenvalue weighted by Crippen LogP contribution is 2.35. The van der Waals surface area contributed by atoms with Crippen LogP contribution in [0.3, 0.4) is 0 Å². The standard InChI is InChI=1S/C18H21N7/c1-2-6-16-22-23-18(25(16)11-3-1)14-5-4-12-24(14)15-8-7-13-17(21-15)20-10-9-19-13/h7-10,14H,1-6,11-12H2. The summed E-state index contributed by atoms with van der Waals surface area (Å²) in [6.45, 7) is 2.03. The van der Waals surface area contributed by atoms with E-state index in [1.807, 2.05) is 6.07 Å². The van der Waals surface area contributed by atoms with E-state index in [0.29, 0.717) is 5.65 Å². The molecule has 0 radical (unpaired) electrons. The minimum Gasteiger partial charge on any atom is -0.346 e. The maximum Gasteiger partial charge on any atom is 0.180 e. The van der Waals surface area contributed by atoms with Crippen LogP contribution in [0.15, 0.2) is 24.5 Å². The first-order chi connectivity index (χ1) is 12.4. The average molecular weight is 335 g/mol. The molecular formula is C18H21N7. The molecule has 2 aliphatic rings. The molecule has 0 N–H and O–H groups in total. The number of hydrogen-bond donors (Lipinski definition) is 0. The van der Waals surface area contributed by atoms with Gasteiger partial charge >= 0.3 is 0 Å². The number of fused-ring (bicyclic) bond motifs is 2. The lowest BCUT2D eigenvalue weighted by Gasteiger charge is -2.25. The van der Waals surface area contributed by atoms with Crippen LogP contribution < -0.4 is 4.90 Å². The third-order valence-electron chi connectivity index (χ3n) is 5.30. The highest BCUT2D eigenvalue weighted by atomic mass is 15.3. The van der Waals surface area contributed by atoms with Gasteiger partial charge in [0.1, 0.15) is 17.2 Å². The molecule has 7 heteroatoms. The number of aryl methyl sites for hydroxylation is 1. The first-order valence-electron chi connectivity index (χ1n) is 9.16. The van der Waals surface area contributed by atoms with Crippen LogP contribution in [0.1, 0.15) is 49.8 Å². The molecule has 5 heterocycles. The van der Waals surface area contributed by atoms with E-state index in [-0.39, 0.29) is 6.04 Å². The monoisotopic (exact) mass is 335 g/mol. The van der Waals surface area contributed by atoms with Gasteiger partial charge < -0.3 is 9.47 Å². The van der Waals surface area contributed by atoms with Crippen molar-refractivity contribution < 1.29 is 0 Å². The van der Waals surface area contributed by atoms with Crippen molar-refractivity contribution in [3.63, 3.8) is 0 Å². The Morgan fingerprint density at radius 1 is 0.920 bits per heavy atom. The van der Waals surface area contributed by atoms with Crippen LogP contribution in [-0.2, 0) is 13.0 Å². The minimum absolute atomic E-state index is 0.251. The Morgan fingerprint density at radius 2 is 1.88 bits per heavy atom. The van der Waals surface area contributed by atoms with E-state index in [0.717, 1.165) is 55.3 Å². The first kappa shape index (κ1) is 14.7. The fraction of sp³-hybridized carbons (Fsp3) is 0.500. The largest absolute Gasteiger partial charge is 0.346 e. The molecule has 0 aliphatic carbocycles. The molecule has 1 saturated heterocycles. The Morgan fingerprint density at radius 3 is 2.88 bits per heavy atom. The van der Waals surface area contributed by atoms with Gasteiger partial charge in [-0.25, -0.2) is 9.97 Å². The number of hydrogen-bond acceptors (Lipinski definition) is 6. The fourth-order valence-electron chi connectivity index (χ4n) is 4.07. The summed E-state index contributed by atoms with van der Waals surface area (Å²) in [4.78, 5) is 15.8. The molecule has 1 atom stereocenters. The van der Waals surface area contributed by atoms with E-state index in [1.54, 1.807) is 12.4 Å². The summed E-state index contributed by atoms with van der Waals surface area (Å²) in [6, 6.07) is 4.31. The third-order valence-corrected chi connectivity index (χ3v) is 5.30. The molecule has 1 unspecified atom stereocenters. The molecule has 7 nitrogen and oxygen atoms in total. The van der Waals surface area contributed by atoms with Gasteiger partial charge in [0.2, 0.25) is 0 Å².